The highest BCUT2D eigenvalue weighted by Gasteiger charge is 2.37. The van der Waals surface area contributed by atoms with Crippen LogP contribution < -0.4 is 11.1 Å². The second-order valence-corrected chi connectivity index (χ2v) is 5.51. The lowest BCUT2D eigenvalue weighted by atomic mass is 9.92. The maximum absolute atomic E-state index is 12.6. The van der Waals surface area contributed by atoms with Crippen molar-refractivity contribution in [3.63, 3.8) is 0 Å². The molecule has 0 saturated carbocycles. The maximum Gasteiger partial charge on any atom is 0.247 e. The van der Waals surface area contributed by atoms with E-state index in [1.807, 2.05) is 30.3 Å². The molecule has 1 saturated heterocycles. The first kappa shape index (κ1) is 14.5. The minimum Gasteiger partial charge on any atom is -0.352 e. The van der Waals surface area contributed by atoms with Crippen molar-refractivity contribution in [2.24, 2.45) is 5.73 Å². The molecule has 0 radical (unpaired) electrons. The van der Waals surface area contributed by atoms with Crippen LogP contribution in [0, 0.1) is 0 Å². The summed E-state index contributed by atoms with van der Waals surface area (Å²) in [5.74, 6) is -0.167. The summed E-state index contributed by atoms with van der Waals surface area (Å²) in [6, 6.07) is 9.39. The van der Waals surface area contributed by atoms with E-state index in [1.54, 1.807) is 11.8 Å². The van der Waals surface area contributed by atoms with Gasteiger partial charge in [-0.25, -0.2) is 0 Å². The lowest BCUT2D eigenvalue weighted by Crippen LogP contribution is -2.51. The normalized spacial score (nSPS) is 21.4. The smallest absolute Gasteiger partial charge is 0.247 e. The summed E-state index contributed by atoms with van der Waals surface area (Å²) < 4.78 is 0. The second kappa shape index (κ2) is 5.63. The van der Waals surface area contributed by atoms with Gasteiger partial charge >= 0.3 is 0 Å². The van der Waals surface area contributed by atoms with Crippen LogP contribution >= 0.6 is 0 Å². The van der Waals surface area contributed by atoms with Gasteiger partial charge in [0.1, 0.15) is 5.54 Å². The van der Waals surface area contributed by atoms with Crippen molar-refractivity contribution in [3.8, 4) is 0 Å². The van der Waals surface area contributed by atoms with E-state index in [9.17, 15) is 9.59 Å². The zero-order chi connectivity index (χ0) is 14.8. The summed E-state index contributed by atoms with van der Waals surface area (Å²) in [7, 11) is 0. The van der Waals surface area contributed by atoms with E-state index >= 15 is 0 Å². The summed E-state index contributed by atoms with van der Waals surface area (Å²) in [5.41, 5.74) is 5.99. The molecule has 20 heavy (non-hydrogen) atoms. The lowest BCUT2D eigenvalue weighted by molar-refractivity contribution is -0.136. The highest BCUT2D eigenvalue weighted by molar-refractivity contribution is 5.87. The number of benzene rings is 1. The number of amides is 2. The summed E-state index contributed by atoms with van der Waals surface area (Å²) in [6.45, 7) is 4.37. The molecule has 0 aliphatic carbocycles. The Kier molecular flexibility index (Phi) is 4.09. The van der Waals surface area contributed by atoms with Crippen LogP contribution in [-0.4, -0.2) is 35.8 Å². The van der Waals surface area contributed by atoms with Gasteiger partial charge in [-0.05, 0) is 18.9 Å². The van der Waals surface area contributed by atoms with E-state index < -0.39 is 5.54 Å². The van der Waals surface area contributed by atoms with Gasteiger partial charge in [0.05, 0.1) is 0 Å². The molecule has 2 unspecified atom stereocenters. The fraction of sp³-hybridized carbons (Fsp3) is 0.467. The molecule has 5 heteroatoms. The summed E-state index contributed by atoms with van der Waals surface area (Å²) in [4.78, 5) is 25.4. The topological polar surface area (TPSA) is 75.4 Å². The number of rotatable bonds is 3. The number of likely N-dealkylation sites (tertiary alicyclic amines) is 1. The quantitative estimate of drug-likeness (QED) is 0.848. The predicted octanol–water partition coefficient (Wildman–Crippen LogP) is 0.598. The molecule has 1 aliphatic heterocycles. The zero-order valence-corrected chi connectivity index (χ0v) is 11.9. The first-order chi connectivity index (χ1) is 9.41. The van der Waals surface area contributed by atoms with E-state index in [1.165, 1.54) is 6.92 Å². The van der Waals surface area contributed by atoms with Crippen LogP contribution in [0.25, 0.3) is 0 Å². The molecule has 1 fully saturated rings. The van der Waals surface area contributed by atoms with E-state index in [4.69, 9.17) is 5.73 Å². The van der Waals surface area contributed by atoms with Crippen molar-refractivity contribution in [2.75, 3.05) is 13.1 Å². The van der Waals surface area contributed by atoms with Crippen LogP contribution in [0.5, 0.6) is 0 Å². The Morgan fingerprint density at radius 2 is 2.00 bits per heavy atom. The van der Waals surface area contributed by atoms with Crippen molar-refractivity contribution in [2.45, 2.75) is 31.8 Å². The van der Waals surface area contributed by atoms with Gasteiger partial charge in [-0.1, -0.05) is 30.3 Å². The van der Waals surface area contributed by atoms with Gasteiger partial charge in [0.2, 0.25) is 11.8 Å². The molecule has 0 bridgehead atoms. The molecule has 1 aromatic carbocycles. The largest absolute Gasteiger partial charge is 0.352 e. The Balaban J connectivity index is 2.07. The highest BCUT2D eigenvalue weighted by atomic mass is 16.2. The van der Waals surface area contributed by atoms with Crippen LogP contribution in [-0.2, 0) is 15.1 Å². The summed E-state index contributed by atoms with van der Waals surface area (Å²) >= 11 is 0. The Labute approximate surface area is 119 Å². The SMILES string of the molecule is CC(=O)NC1CCN(C(=O)C(C)(N)c2ccccc2)C1. The van der Waals surface area contributed by atoms with E-state index in [-0.39, 0.29) is 17.9 Å². The monoisotopic (exact) mass is 275 g/mol. The van der Waals surface area contributed by atoms with Crippen LogP contribution in [0.4, 0.5) is 0 Å². The highest BCUT2D eigenvalue weighted by Crippen LogP contribution is 2.22. The lowest BCUT2D eigenvalue weighted by Gasteiger charge is -2.29. The Morgan fingerprint density at radius 3 is 2.60 bits per heavy atom. The van der Waals surface area contributed by atoms with Crippen molar-refractivity contribution in [3.05, 3.63) is 35.9 Å². The standard InChI is InChI=1S/C15H21N3O2/c1-11(19)17-13-8-9-18(10-13)14(20)15(2,16)12-6-4-3-5-7-12/h3-7,13H,8-10,16H2,1-2H3,(H,17,19). The van der Waals surface area contributed by atoms with Gasteiger partial charge in [0, 0.05) is 26.1 Å². The Hall–Kier alpha value is -1.88. The molecule has 108 valence electrons. The summed E-state index contributed by atoms with van der Waals surface area (Å²) in [5, 5.41) is 2.84. The third-order valence-electron chi connectivity index (χ3n) is 3.70. The van der Waals surface area contributed by atoms with E-state index in [0.29, 0.717) is 13.1 Å². The van der Waals surface area contributed by atoms with Crippen LogP contribution in [0.1, 0.15) is 25.8 Å². The van der Waals surface area contributed by atoms with Crippen molar-refractivity contribution >= 4 is 11.8 Å². The minimum atomic E-state index is -1.04. The van der Waals surface area contributed by atoms with Gasteiger partial charge in [0.15, 0.2) is 0 Å². The van der Waals surface area contributed by atoms with Gasteiger partial charge in [0.25, 0.3) is 0 Å². The molecular weight excluding hydrogens is 254 g/mol. The minimum absolute atomic E-state index is 0.0306. The number of hydrogen-bond donors (Lipinski definition) is 2. The fourth-order valence-corrected chi connectivity index (χ4v) is 2.59. The van der Waals surface area contributed by atoms with Crippen molar-refractivity contribution in [1.29, 1.82) is 0 Å². The molecule has 2 rings (SSSR count). The molecule has 0 spiro atoms. The third-order valence-corrected chi connectivity index (χ3v) is 3.70. The molecule has 1 aliphatic rings. The van der Waals surface area contributed by atoms with Crippen LogP contribution in [0.2, 0.25) is 0 Å². The first-order valence-electron chi connectivity index (χ1n) is 6.82. The predicted molar refractivity (Wildman–Crippen MR) is 76.8 cm³/mol. The average Bonchev–Trinajstić information content (AvgIpc) is 2.86. The van der Waals surface area contributed by atoms with Gasteiger partial charge in [-0.15, -0.1) is 0 Å². The molecule has 3 N–H and O–H groups in total. The zero-order valence-electron chi connectivity index (χ0n) is 11.9. The molecular formula is C15H21N3O2. The van der Waals surface area contributed by atoms with Gasteiger partial charge in [-0.3, -0.25) is 9.59 Å². The molecule has 1 heterocycles. The molecule has 5 nitrogen and oxygen atoms in total. The van der Waals surface area contributed by atoms with E-state index in [2.05, 4.69) is 5.32 Å². The number of nitrogens with zero attached hydrogens (tertiary/aromatic N) is 1. The maximum atomic E-state index is 12.6. The number of nitrogens with one attached hydrogen (secondary N) is 1. The molecule has 2 amide bonds. The summed E-state index contributed by atoms with van der Waals surface area (Å²) in [6.07, 6.45) is 0.774. The molecule has 1 aromatic rings. The number of carbonyl (C=O) groups is 2. The first-order valence-corrected chi connectivity index (χ1v) is 6.82. The second-order valence-electron chi connectivity index (χ2n) is 5.51. The molecule has 0 aromatic heterocycles. The van der Waals surface area contributed by atoms with Crippen molar-refractivity contribution < 1.29 is 9.59 Å². The Bertz CT molecular complexity index is 499. The van der Waals surface area contributed by atoms with Gasteiger partial charge in [-0.2, -0.15) is 0 Å². The number of hydrogen-bond acceptors (Lipinski definition) is 3. The van der Waals surface area contributed by atoms with Crippen LogP contribution in [0.15, 0.2) is 30.3 Å². The van der Waals surface area contributed by atoms with Crippen LogP contribution in [0.3, 0.4) is 0 Å². The number of carbonyl (C=O) groups excluding carboxylic acids is 2. The molecule has 2 atom stereocenters. The van der Waals surface area contributed by atoms with Gasteiger partial charge < -0.3 is 16.0 Å². The number of nitrogens with two attached hydrogens (primary N) is 1. The Morgan fingerprint density at radius 1 is 1.35 bits per heavy atom. The van der Waals surface area contributed by atoms with Crippen molar-refractivity contribution in [1.82, 2.24) is 10.2 Å². The fourth-order valence-electron chi connectivity index (χ4n) is 2.59. The average molecular weight is 275 g/mol. The third kappa shape index (κ3) is 2.99. The van der Waals surface area contributed by atoms with E-state index in [0.717, 1.165) is 12.0 Å².